The first-order valence-electron chi connectivity index (χ1n) is 7.59. The van der Waals surface area contributed by atoms with Crippen LogP contribution in [-0.2, 0) is 19.4 Å². The summed E-state index contributed by atoms with van der Waals surface area (Å²) in [5.74, 6) is 0.340. The van der Waals surface area contributed by atoms with Crippen LogP contribution < -0.4 is 0 Å². The second-order valence-electron chi connectivity index (χ2n) is 5.55. The van der Waals surface area contributed by atoms with Crippen molar-refractivity contribution in [3.63, 3.8) is 0 Å². The third-order valence-corrected chi connectivity index (χ3v) is 4.70. The van der Waals surface area contributed by atoms with E-state index in [2.05, 4.69) is 18.9 Å². The molecule has 2 unspecified atom stereocenters. The molecule has 0 spiro atoms. The average Bonchev–Trinajstić information content (AvgIpc) is 2.57. The van der Waals surface area contributed by atoms with Crippen molar-refractivity contribution in [1.82, 2.24) is 9.78 Å². The molecule has 3 nitrogen and oxygen atoms in total. The highest BCUT2D eigenvalue weighted by atomic mass is 35.5. The molecule has 1 N–H and O–H groups in total. The van der Waals surface area contributed by atoms with E-state index < -0.39 is 0 Å². The van der Waals surface area contributed by atoms with Crippen molar-refractivity contribution in [2.24, 2.45) is 5.92 Å². The molecule has 2 atom stereocenters. The van der Waals surface area contributed by atoms with Gasteiger partial charge in [-0.3, -0.25) is 4.68 Å². The maximum atomic E-state index is 10.3. The van der Waals surface area contributed by atoms with Crippen LogP contribution >= 0.6 is 11.6 Å². The summed E-state index contributed by atoms with van der Waals surface area (Å²) in [6, 6.07) is 0. The second kappa shape index (κ2) is 6.76. The summed E-state index contributed by atoms with van der Waals surface area (Å²) in [7, 11) is 0. The van der Waals surface area contributed by atoms with Crippen LogP contribution in [0.4, 0.5) is 0 Å². The summed E-state index contributed by atoms with van der Waals surface area (Å²) in [6.45, 7) is 5.02. The van der Waals surface area contributed by atoms with Crippen molar-refractivity contribution >= 4 is 11.6 Å². The highest BCUT2D eigenvalue weighted by molar-refractivity contribution is 6.31. The van der Waals surface area contributed by atoms with E-state index in [-0.39, 0.29) is 6.10 Å². The monoisotopic (exact) mass is 284 g/mol. The van der Waals surface area contributed by atoms with E-state index in [4.69, 9.17) is 11.6 Å². The maximum absolute atomic E-state index is 10.3. The normalized spacial score (nSPS) is 24.4. The topological polar surface area (TPSA) is 38.0 Å². The second-order valence-corrected chi connectivity index (χ2v) is 5.92. The van der Waals surface area contributed by atoms with Crippen molar-refractivity contribution in [3.05, 3.63) is 16.4 Å². The lowest BCUT2D eigenvalue weighted by Crippen LogP contribution is -2.22. The fourth-order valence-corrected chi connectivity index (χ4v) is 3.41. The Morgan fingerprint density at radius 1 is 1.26 bits per heavy atom. The smallest absolute Gasteiger partial charge is 0.0849 e. The molecule has 1 saturated carbocycles. The van der Waals surface area contributed by atoms with Gasteiger partial charge in [0.05, 0.1) is 22.5 Å². The molecule has 0 radical (unpaired) electrons. The predicted molar refractivity (Wildman–Crippen MR) is 78.6 cm³/mol. The number of halogens is 1. The largest absolute Gasteiger partial charge is 0.393 e. The number of nitrogens with zero attached hydrogens (tertiary/aromatic N) is 2. The van der Waals surface area contributed by atoms with Gasteiger partial charge in [-0.2, -0.15) is 5.10 Å². The number of aryl methyl sites for hydroxylation is 2. The number of aliphatic hydroxyl groups is 1. The first-order chi connectivity index (χ1) is 9.17. The first-order valence-corrected chi connectivity index (χ1v) is 7.97. The Labute approximate surface area is 121 Å². The highest BCUT2D eigenvalue weighted by Crippen LogP contribution is 2.30. The fraction of sp³-hybridized carbons (Fsp3) is 0.800. The zero-order chi connectivity index (χ0) is 13.8. The van der Waals surface area contributed by atoms with E-state index in [1.165, 1.54) is 12.8 Å². The van der Waals surface area contributed by atoms with Gasteiger partial charge in [-0.15, -0.1) is 0 Å². The molecule has 2 rings (SSSR count). The summed E-state index contributed by atoms with van der Waals surface area (Å²) in [5, 5.41) is 15.6. The molecule has 1 fully saturated rings. The summed E-state index contributed by atoms with van der Waals surface area (Å²) in [5.41, 5.74) is 2.11. The van der Waals surface area contributed by atoms with Crippen LogP contribution in [0, 0.1) is 5.92 Å². The Hall–Kier alpha value is -0.540. The van der Waals surface area contributed by atoms with Gasteiger partial charge in [0, 0.05) is 6.54 Å². The Morgan fingerprint density at radius 3 is 2.68 bits per heavy atom. The van der Waals surface area contributed by atoms with Gasteiger partial charge in [0.15, 0.2) is 0 Å². The molecule has 1 aromatic heterocycles. The lowest BCUT2D eigenvalue weighted by atomic mass is 9.92. The SMILES string of the molecule is CCc1nn(CC)c(CC2CCCCCC2O)c1Cl. The molecule has 0 saturated heterocycles. The van der Waals surface area contributed by atoms with Crippen LogP contribution in [0.3, 0.4) is 0 Å². The van der Waals surface area contributed by atoms with Gasteiger partial charge in [-0.05, 0) is 38.5 Å². The summed E-state index contributed by atoms with van der Waals surface area (Å²) in [4.78, 5) is 0. The number of hydrogen-bond acceptors (Lipinski definition) is 2. The van der Waals surface area contributed by atoms with Crippen molar-refractivity contribution in [1.29, 1.82) is 0 Å². The third-order valence-electron chi connectivity index (χ3n) is 4.27. The minimum absolute atomic E-state index is 0.177. The molecule has 0 amide bonds. The first kappa shape index (κ1) is 14.9. The van der Waals surface area contributed by atoms with Crippen molar-refractivity contribution < 1.29 is 5.11 Å². The fourth-order valence-electron chi connectivity index (χ4n) is 3.06. The van der Waals surface area contributed by atoms with E-state index in [0.717, 1.165) is 55.1 Å². The lowest BCUT2D eigenvalue weighted by molar-refractivity contribution is 0.0995. The van der Waals surface area contributed by atoms with Gasteiger partial charge in [-0.25, -0.2) is 0 Å². The van der Waals surface area contributed by atoms with Crippen molar-refractivity contribution in [3.8, 4) is 0 Å². The molecule has 1 aliphatic rings. The Bertz CT molecular complexity index is 417. The van der Waals surface area contributed by atoms with Gasteiger partial charge >= 0.3 is 0 Å². The van der Waals surface area contributed by atoms with Crippen LogP contribution in [0.2, 0.25) is 5.02 Å². The van der Waals surface area contributed by atoms with Gasteiger partial charge < -0.3 is 5.11 Å². The molecule has 108 valence electrons. The van der Waals surface area contributed by atoms with Gasteiger partial charge in [-0.1, -0.05) is 37.8 Å². The summed E-state index contributed by atoms with van der Waals surface area (Å²) >= 11 is 6.45. The van der Waals surface area contributed by atoms with E-state index >= 15 is 0 Å². The highest BCUT2D eigenvalue weighted by Gasteiger charge is 2.25. The van der Waals surface area contributed by atoms with Crippen LogP contribution in [0.5, 0.6) is 0 Å². The molecule has 19 heavy (non-hydrogen) atoms. The standard InChI is InChI=1S/C15H25ClN2O/c1-3-12-15(16)13(18(4-2)17-12)10-11-8-6-5-7-9-14(11)19/h11,14,19H,3-10H2,1-2H3. The van der Waals surface area contributed by atoms with Gasteiger partial charge in [0.25, 0.3) is 0 Å². The predicted octanol–water partition coefficient (Wildman–Crippen LogP) is 3.60. The van der Waals surface area contributed by atoms with Crippen LogP contribution in [-0.4, -0.2) is 21.0 Å². The Morgan fingerprint density at radius 2 is 2.00 bits per heavy atom. The Kier molecular flexibility index (Phi) is 5.28. The zero-order valence-corrected chi connectivity index (χ0v) is 12.8. The maximum Gasteiger partial charge on any atom is 0.0849 e. The van der Waals surface area contributed by atoms with E-state index in [1.807, 2.05) is 4.68 Å². The number of aliphatic hydroxyl groups excluding tert-OH is 1. The number of aromatic nitrogens is 2. The molecule has 1 aromatic rings. The lowest BCUT2D eigenvalue weighted by Gasteiger charge is -2.20. The molecular weight excluding hydrogens is 260 g/mol. The van der Waals surface area contributed by atoms with Crippen molar-refractivity contribution in [2.75, 3.05) is 0 Å². The number of hydrogen-bond donors (Lipinski definition) is 1. The molecule has 0 aromatic carbocycles. The van der Waals surface area contributed by atoms with Crippen LogP contribution in [0.1, 0.15) is 57.3 Å². The van der Waals surface area contributed by atoms with Gasteiger partial charge in [0.1, 0.15) is 0 Å². The molecular formula is C15H25ClN2O. The molecule has 0 aliphatic heterocycles. The quantitative estimate of drug-likeness (QED) is 0.858. The number of rotatable bonds is 4. The summed E-state index contributed by atoms with van der Waals surface area (Å²) in [6.07, 6.45) is 7.21. The van der Waals surface area contributed by atoms with Gasteiger partial charge in [0.2, 0.25) is 0 Å². The van der Waals surface area contributed by atoms with Crippen LogP contribution in [0.25, 0.3) is 0 Å². The molecule has 1 heterocycles. The molecule has 4 heteroatoms. The molecule has 0 bridgehead atoms. The minimum Gasteiger partial charge on any atom is -0.393 e. The molecule has 1 aliphatic carbocycles. The zero-order valence-electron chi connectivity index (χ0n) is 12.0. The average molecular weight is 285 g/mol. The summed E-state index contributed by atoms with van der Waals surface area (Å²) < 4.78 is 2.01. The van der Waals surface area contributed by atoms with E-state index in [1.54, 1.807) is 0 Å². The third kappa shape index (κ3) is 3.32. The minimum atomic E-state index is -0.177. The van der Waals surface area contributed by atoms with E-state index in [0.29, 0.717) is 5.92 Å². The van der Waals surface area contributed by atoms with Crippen LogP contribution in [0.15, 0.2) is 0 Å². The van der Waals surface area contributed by atoms with Crippen molar-refractivity contribution in [2.45, 2.75) is 71.4 Å². The van der Waals surface area contributed by atoms with E-state index in [9.17, 15) is 5.11 Å². The Balaban J connectivity index is 2.19.